The van der Waals surface area contributed by atoms with Crippen molar-refractivity contribution in [2.75, 3.05) is 33.9 Å². The molecule has 1 atom stereocenters. The van der Waals surface area contributed by atoms with Gasteiger partial charge in [0, 0.05) is 24.7 Å². The number of methoxy groups -OCH3 is 1. The number of rotatable bonds is 6. The van der Waals surface area contributed by atoms with Gasteiger partial charge in [-0.25, -0.2) is 0 Å². The van der Waals surface area contributed by atoms with E-state index in [0.29, 0.717) is 29.6 Å². The normalized spacial score (nSPS) is 16.9. The van der Waals surface area contributed by atoms with Crippen molar-refractivity contribution in [1.82, 2.24) is 10.2 Å². The Balaban J connectivity index is 0.00000288. The molecule has 8 heteroatoms. The summed E-state index contributed by atoms with van der Waals surface area (Å²) >= 11 is 0. The highest BCUT2D eigenvalue weighted by atomic mass is 35.5. The summed E-state index contributed by atoms with van der Waals surface area (Å²) in [6.45, 7) is 1.20. The number of halogens is 1. The van der Waals surface area contributed by atoms with Crippen LogP contribution in [0.1, 0.15) is 23.2 Å². The number of carbonyl (C=O) groups excluding carboxylic acids is 2. The molecule has 1 heterocycles. The molecule has 1 unspecified atom stereocenters. The zero-order chi connectivity index (χ0) is 16.8. The minimum Gasteiger partial charge on any atom is -0.493 e. The third kappa shape index (κ3) is 5.01. The SMILES string of the molecule is CNC1CCCN(C(=O)c2ccc(OCC(N)=O)c(OC)c2)C1.Cl. The number of hydrogen-bond donors (Lipinski definition) is 2. The molecule has 0 aliphatic carbocycles. The first-order valence-electron chi connectivity index (χ1n) is 7.60. The minimum atomic E-state index is -0.571. The van der Waals surface area contributed by atoms with Crippen molar-refractivity contribution in [3.05, 3.63) is 23.8 Å². The monoisotopic (exact) mass is 357 g/mol. The molecular weight excluding hydrogens is 334 g/mol. The van der Waals surface area contributed by atoms with Gasteiger partial charge in [0.15, 0.2) is 18.1 Å². The van der Waals surface area contributed by atoms with Gasteiger partial charge in [0.1, 0.15) is 0 Å². The quantitative estimate of drug-likeness (QED) is 0.785. The minimum absolute atomic E-state index is 0. The Morgan fingerprint density at radius 2 is 2.12 bits per heavy atom. The predicted molar refractivity (Wildman–Crippen MR) is 92.9 cm³/mol. The standard InChI is InChI=1S/C16H23N3O4.ClH/c1-18-12-4-3-7-19(9-12)16(21)11-5-6-13(14(8-11)22-2)23-10-15(17)20;/h5-6,8,12,18H,3-4,7,9-10H2,1-2H3,(H2,17,20);1H. The summed E-state index contributed by atoms with van der Waals surface area (Å²) in [6, 6.07) is 5.24. The Morgan fingerprint density at radius 3 is 2.75 bits per heavy atom. The number of nitrogens with one attached hydrogen (secondary N) is 1. The maximum atomic E-state index is 12.6. The van der Waals surface area contributed by atoms with E-state index in [1.54, 1.807) is 18.2 Å². The highest BCUT2D eigenvalue weighted by Crippen LogP contribution is 2.29. The van der Waals surface area contributed by atoms with Crippen molar-refractivity contribution in [1.29, 1.82) is 0 Å². The summed E-state index contributed by atoms with van der Waals surface area (Å²) in [7, 11) is 3.39. The third-order valence-electron chi connectivity index (χ3n) is 3.90. The van der Waals surface area contributed by atoms with Gasteiger partial charge in [-0.05, 0) is 38.1 Å². The second kappa shape index (κ2) is 9.34. The van der Waals surface area contributed by atoms with Gasteiger partial charge < -0.3 is 25.4 Å². The number of hydrogen-bond acceptors (Lipinski definition) is 5. The number of ether oxygens (including phenoxy) is 2. The molecule has 0 spiro atoms. The molecule has 7 nitrogen and oxygen atoms in total. The largest absolute Gasteiger partial charge is 0.493 e. The van der Waals surface area contributed by atoms with Gasteiger partial charge in [0.25, 0.3) is 11.8 Å². The number of nitrogens with two attached hydrogens (primary N) is 1. The summed E-state index contributed by atoms with van der Waals surface area (Å²) < 4.78 is 10.5. The number of primary amides is 1. The molecule has 1 aliphatic rings. The Kier molecular flexibility index (Phi) is 7.81. The Hall–Kier alpha value is -1.99. The fourth-order valence-corrected chi connectivity index (χ4v) is 2.65. The molecule has 24 heavy (non-hydrogen) atoms. The van der Waals surface area contributed by atoms with E-state index in [2.05, 4.69) is 5.32 Å². The fourth-order valence-electron chi connectivity index (χ4n) is 2.65. The molecule has 134 valence electrons. The molecule has 2 rings (SSSR count). The van der Waals surface area contributed by atoms with E-state index < -0.39 is 5.91 Å². The lowest BCUT2D eigenvalue weighted by Gasteiger charge is -2.32. The van der Waals surface area contributed by atoms with Gasteiger partial charge in [0.2, 0.25) is 0 Å². The van der Waals surface area contributed by atoms with Crippen LogP contribution in [0.4, 0.5) is 0 Å². The predicted octanol–water partition coefficient (Wildman–Crippen LogP) is 0.805. The van der Waals surface area contributed by atoms with Crippen molar-refractivity contribution in [3.63, 3.8) is 0 Å². The number of carbonyl (C=O) groups is 2. The van der Waals surface area contributed by atoms with E-state index in [4.69, 9.17) is 15.2 Å². The van der Waals surface area contributed by atoms with Crippen LogP contribution in [-0.4, -0.2) is 56.6 Å². The Bertz CT molecular complexity index is 582. The fraction of sp³-hybridized carbons (Fsp3) is 0.500. The van der Waals surface area contributed by atoms with Crippen LogP contribution < -0.4 is 20.5 Å². The van der Waals surface area contributed by atoms with Gasteiger partial charge in [-0.2, -0.15) is 0 Å². The number of piperidine rings is 1. The first-order chi connectivity index (χ1) is 11.0. The molecule has 1 fully saturated rings. The van der Waals surface area contributed by atoms with Crippen LogP contribution >= 0.6 is 12.4 Å². The Morgan fingerprint density at radius 1 is 1.38 bits per heavy atom. The molecule has 1 aliphatic heterocycles. The second-order valence-corrected chi connectivity index (χ2v) is 5.50. The van der Waals surface area contributed by atoms with E-state index in [-0.39, 0.29) is 24.9 Å². The average molecular weight is 358 g/mol. The van der Waals surface area contributed by atoms with Crippen LogP contribution in [0, 0.1) is 0 Å². The number of benzene rings is 1. The first-order valence-corrected chi connectivity index (χ1v) is 7.60. The molecule has 2 amide bonds. The van der Waals surface area contributed by atoms with Crippen LogP contribution in [-0.2, 0) is 4.79 Å². The highest BCUT2D eigenvalue weighted by Gasteiger charge is 2.24. The molecule has 1 saturated heterocycles. The zero-order valence-electron chi connectivity index (χ0n) is 13.9. The maximum absolute atomic E-state index is 12.6. The molecule has 1 aromatic rings. The van der Waals surface area contributed by atoms with E-state index in [1.807, 2.05) is 11.9 Å². The average Bonchev–Trinajstić information content (AvgIpc) is 2.59. The van der Waals surface area contributed by atoms with Gasteiger partial charge in [-0.3, -0.25) is 9.59 Å². The molecule has 0 aromatic heterocycles. The highest BCUT2D eigenvalue weighted by molar-refractivity contribution is 5.95. The number of nitrogens with zero attached hydrogens (tertiary/aromatic N) is 1. The summed E-state index contributed by atoms with van der Waals surface area (Å²) in [5.41, 5.74) is 5.59. The van der Waals surface area contributed by atoms with Crippen LogP contribution in [0.25, 0.3) is 0 Å². The maximum Gasteiger partial charge on any atom is 0.255 e. The van der Waals surface area contributed by atoms with Crippen LogP contribution in [0.15, 0.2) is 18.2 Å². The van der Waals surface area contributed by atoms with Crippen molar-refractivity contribution in [2.45, 2.75) is 18.9 Å². The number of amides is 2. The smallest absolute Gasteiger partial charge is 0.255 e. The van der Waals surface area contributed by atoms with Crippen molar-refractivity contribution in [3.8, 4) is 11.5 Å². The molecule has 0 bridgehead atoms. The van der Waals surface area contributed by atoms with Gasteiger partial charge in [-0.15, -0.1) is 12.4 Å². The molecule has 0 radical (unpaired) electrons. The molecule has 3 N–H and O–H groups in total. The van der Waals surface area contributed by atoms with Crippen LogP contribution in [0.3, 0.4) is 0 Å². The number of likely N-dealkylation sites (tertiary alicyclic amines) is 1. The molecular formula is C16H24ClN3O4. The second-order valence-electron chi connectivity index (χ2n) is 5.50. The zero-order valence-corrected chi connectivity index (χ0v) is 14.7. The lowest BCUT2D eigenvalue weighted by Crippen LogP contribution is -2.46. The number of likely N-dealkylation sites (N-methyl/N-ethyl adjacent to an activating group) is 1. The van der Waals surface area contributed by atoms with Crippen LogP contribution in [0.5, 0.6) is 11.5 Å². The summed E-state index contributed by atoms with van der Waals surface area (Å²) in [4.78, 5) is 25.3. The summed E-state index contributed by atoms with van der Waals surface area (Å²) in [6.07, 6.45) is 2.05. The Labute approximate surface area is 147 Å². The van der Waals surface area contributed by atoms with Gasteiger partial charge in [-0.1, -0.05) is 0 Å². The van der Waals surface area contributed by atoms with Gasteiger partial charge in [0.05, 0.1) is 7.11 Å². The lowest BCUT2D eigenvalue weighted by atomic mass is 10.0. The van der Waals surface area contributed by atoms with Gasteiger partial charge >= 0.3 is 0 Å². The summed E-state index contributed by atoms with van der Waals surface area (Å²) in [5.74, 6) is 0.178. The van der Waals surface area contributed by atoms with Crippen molar-refractivity contribution in [2.24, 2.45) is 5.73 Å². The lowest BCUT2D eigenvalue weighted by molar-refractivity contribution is -0.119. The topological polar surface area (TPSA) is 93.9 Å². The molecule has 1 aromatic carbocycles. The van der Waals surface area contributed by atoms with E-state index in [1.165, 1.54) is 7.11 Å². The van der Waals surface area contributed by atoms with Crippen molar-refractivity contribution >= 4 is 24.2 Å². The summed E-state index contributed by atoms with van der Waals surface area (Å²) in [5, 5.41) is 3.22. The van der Waals surface area contributed by atoms with E-state index in [9.17, 15) is 9.59 Å². The van der Waals surface area contributed by atoms with Crippen LogP contribution in [0.2, 0.25) is 0 Å². The van der Waals surface area contributed by atoms with E-state index >= 15 is 0 Å². The molecule has 0 saturated carbocycles. The van der Waals surface area contributed by atoms with Crippen molar-refractivity contribution < 1.29 is 19.1 Å². The van der Waals surface area contributed by atoms with E-state index in [0.717, 1.165) is 19.4 Å². The third-order valence-corrected chi connectivity index (χ3v) is 3.90. The first kappa shape index (κ1) is 20.1.